The molecule has 1 aliphatic heterocycles. The van der Waals surface area contributed by atoms with Crippen molar-refractivity contribution >= 4 is 43.2 Å². The van der Waals surface area contributed by atoms with Crippen molar-refractivity contribution in [3.63, 3.8) is 0 Å². The zero-order valence-corrected chi connectivity index (χ0v) is 22.0. The van der Waals surface area contributed by atoms with Crippen molar-refractivity contribution in [2.45, 2.75) is 11.2 Å². The first-order valence-electron chi connectivity index (χ1n) is 11.2. The smallest absolute Gasteiger partial charge is 0.261 e. The number of carbonyl (C=O) groups is 1. The fraction of sp³-hybridized carbons (Fsp3) is 0.320. The summed E-state index contributed by atoms with van der Waals surface area (Å²) >= 11 is 3.43. The first kappa shape index (κ1) is 25.1. The van der Waals surface area contributed by atoms with Gasteiger partial charge in [-0.05, 0) is 42.5 Å². The van der Waals surface area contributed by atoms with Crippen LogP contribution in [-0.2, 0) is 14.8 Å². The van der Waals surface area contributed by atoms with Crippen molar-refractivity contribution in [3.8, 4) is 5.75 Å². The molecule has 1 N–H and O–H groups in total. The second-order valence-electron chi connectivity index (χ2n) is 8.20. The molecule has 1 unspecified atom stereocenters. The van der Waals surface area contributed by atoms with Crippen LogP contribution in [0.15, 0.2) is 71.3 Å². The highest BCUT2D eigenvalue weighted by Gasteiger charge is 2.27. The number of alkyl halides is 1. The molecule has 1 aliphatic carbocycles. The van der Waals surface area contributed by atoms with Gasteiger partial charge in [-0.3, -0.25) is 9.52 Å². The van der Waals surface area contributed by atoms with Crippen LogP contribution >= 0.6 is 15.9 Å². The lowest BCUT2D eigenvalue weighted by atomic mass is 10.1. The molecule has 35 heavy (non-hydrogen) atoms. The fourth-order valence-electron chi connectivity index (χ4n) is 4.18. The number of hydrogen-bond donors (Lipinski definition) is 1. The van der Waals surface area contributed by atoms with Crippen LogP contribution in [0.4, 0.5) is 11.4 Å². The molecule has 2 aromatic rings. The number of methoxy groups -OCH3 is 2. The number of sulfonamides is 1. The summed E-state index contributed by atoms with van der Waals surface area (Å²) in [6, 6.07) is 14.4. The average molecular weight is 562 g/mol. The van der Waals surface area contributed by atoms with Crippen LogP contribution in [0, 0.1) is 0 Å². The number of hydrogen-bond acceptors (Lipinski definition) is 6. The molecule has 1 fully saturated rings. The number of carbonyl (C=O) groups excluding carboxylic acids is 1. The molecule has 10 heteroatoms. The molecule has 0 spiro atoms. The van der Waals surface area contributed by atoms with Gasteiger partial charge in [-0.2, -0.15) is 0 Å². The number of halogens is 1. The number of amides is 1. The van der Waals surface area contributed by atoms with Gasteiger partial charge in [0.05, 0.1) is 19.9 Å². The standard InChI is InChI=1S/C25H28BrN3O5S/c1-33-22-6-4-3-5-21(22)28-13-15-29(16-14-28)25(30)18-7-10-20(11-8-18)27-35(31,32)24-17-19(26)9-12-23(24)34-2/h3-12,19,27H,13-17H2,1-2H3. The van der Waals surface area contributed by atoms with Gasteiger partial charge in [-0.1, -0.05) is 34.1 Å². The van der Waals surface area contributed by atoms with Gasteiger partial charge in [-0.15, -0.1) is 0 Å². The minimum atomic E-state index is -3.81. The third-order valence-corrected chi connectivity index (χ3v) is 8.18. The SMILES string of the molecule is COC1=C(S(=O)(=O)Nc2ccc(C(=O)N3CCN(c4ccccc4OC)CC3)cc2)CC(Br)C=C1. The molecule has 2 aliphatic rings. The maximum atomic E-state index is 13.0. The monoisotopic (exact) mass is 561 g/mol. The summed E-state index contributed by atoms with van der Waals surface area (Å²) in [5, 5.41) is 0. The Hall–Kier alpha value is -2.98. The number of rotatable bonds is 7. The third-order valence-electron chi connectivity index (χ3n) is 6.03. The second kappa shape index (κ2) is 10.7. The topological polar surface area (TPSA) is 88.2 Å². The molecular formula is C25H28BrN3O5S. The fourth-order valence-corrected chi connectivity index (χ4v) is 6.25. The predicted octanol–water partition coefficient (Wildman–Crippen LogP) is 3.98. The van der Waals surface area contributed by atoms with E-state index < -0.39 is 10.0 Å². The summed E-state index contributed by atoms with van der Waals surface area (Å²) in [6.07, 6.45) is 3.77. The predicted molar refractivity (Wildman–Crippen MR) is 141 cm³/mol. The van der Waals surface area contributed by atoms with Crippen LogP contribution in [0.2, 0.25) is 0 Å². The normalized spacial score (nSPS) is 18.4. The van der Waals surface area contributed by atoms with E-state index in [1.807, 2.05) is 35.2 Å². The van der Waals surface area contributed by atoms with Crippen molar-refractivity contribution in [1.82, 2.24) is 4.90 Å². The molecule has 1 atom stereocenters. The number of anilines is 2. The minimum absolute atomic E-state index is 0.0805. The summed E-state index contributed by atoms with van der Waals surface area (Å²) in [5.74, 6) is 1.05. The largest absolute Gasteiger partial charge is 0.496 e. The highest BCUT2D eigenvalue weighted by atomic mass is 79.9. The maximum Gasteiger partial charge on any atom is 0.261 e. The van der Waals surface area contributed by atoms with E-state index in [1.54, 1.807) is 37.5 Å². The molecule has 8 nitrogen and oxygen atoms in total. The number of nitrogens with one attached hydrogen (secondary N) is 1. The maximum absolute atomic E-state index is 13.0. The molecule has 0 bridgehead atoms. The van der Waals surface area contributed by atoms with Crippen molar-refractivity contribution < 1.29 is 22.7 Å². The Morgan fingerprint density at radius 3 is 2.34 bits per heavy atom. The molecule has 0 aromatic heterocycles. The number of para-hydroxylation sites is 2. The zero-order chi connectivity index (χ0) is 25.0. The highest BCUT2D eigenvalue weighted by molar-refractivity contribution is 9.09. The lowest BCUT2D eigenvalue weighted by Crippen LogP contribution is -2.48. The summed E-state index contributed by atoms with van der Waals surface area (Å²) in [4.78, 5) is 17.1. The molecule has 1 heterocycles. The Bertz CT molecular complexity index is 1240. The third kappa shape index (κ3) is 5.65. The number of ether oxygens (including phenoxy) is 2. The molecule has 2 aromatic carbocycles. The Morgan fingerprint density at radius 1 is 1.00 bits per heavy atom. The first-order valence-corrected chi connectivity index (χ1v) is 13.6. The molecule has 0 saturated carbocycles. The van der Waals surface area contributed by atoms with Gasteiger partial charge in [0.15, 0.2) is 0 Å². The molecule has 0 radical (unpaired) electrons. The van der Waals surface area contributed by atoms with Gasteiger partial charge in [0.1, 0.15) is 16.4 Å². The van der Waals surface area contributed by atoms with Gasteiger partial charge in [-0.25, -0.2) is 8.42 Å². The Balaban J connectivity index is 1.40. The molecule has 4 rings (SSSR count). The van der Waals surface area contributed by atoms with E-state index in [0.29, 0.717) is 43.2 Å². The van der Waals surface area contributed by atoms with Crippen molar-refractivity contribution in [2.75, 3.05) is 50.0 Å². The zero-order valence-electron chi connectivity index (χ0n) is 19.6. The molecule has 1 amide bonds. The molecular weight excluding hydrogens is 534 g/mol. The van der Waals surface area contributed by atoms with Crippen LogP contribution in [0.3, 0.4) is 0 Å². The van der Waals surface area contributed by atoms with Gasteiger partial charge in [0.25, 0.3) is 15.9 Å². The summed E-state index contributed by atoms with van der Waals surface area (Å²) in [5.41, 5.74) is 1.91. The van der Waals surface area contributed by atoms with E-state index in [1.165, 1.54) is 7.11 Å². The van der Waals surface area contributed by atoms with Crippen LogP contribution in [0.1, 0.15) is 16.8 Å². The van der Waals surface area contributed by atoms with Gasteiger partial charge in [0, 0.05) is 48.7 Å². The van der Waals surface area contributed by atoms with Gasteiger partial charge < -0.3 is 19.3 Å². The number of benzene rings is 2. The van der Waals surface area contributed by atoms with Crippen LogP contribution in [-0.4, -0.2) is 64.5 Å². The van der Waals surface area contributed by atoms with Crippen molar-refractivity contribution in [2.24, 2.45) is 0 Å². The van der Waals surface area contributed by atoms with Gasteiger partial charge in [0.2, 0.25) is 0 Å². The van der Waals surface area contributed by atoms with Crippen LogP contribution in [0.25, 0.3) is 0 Å². The number of nitrogens with zero attached hydrogens (tertiary/aromatic N) is 2. The number of piperazine rings is 1. The van der Waals surface area contributed by atoms with E-state index in [-0.39, 0.29) is 22.1 Å². The molecule has 186 valence electrons. The minimum Gasteiger partial charge on any atom is -0.496 e. The lowest BCUT2D eigenvalue weighted by molar-refractivity contribution is 0.0746. The Labute approximate surface area is 214 Å². The first-order chi connectivity index (χ1) is 16.8. The Morgan fingerprint density at radius 2 is 1.69 bits per heavy atom. The quantitative estimate of drug-likeness (QED) is 0.514. The van der Waals surface area contributed by atoms with Crippen molar-refractivity contribution in [3.05, 3.63) is 76.9 Å². The highest BCUT2D eigenvalue weighted by Crippen LogP contribution is 2.30. The van der Waals surface area contributed by atoms with E-state index >= 15 is 0 Å². The van der Waals surface area contributed by atoms with Crippen LogP contribution < -0.4 is 14.4 Å². The van der Waals surface area contributed by atoms with E-state index in [0.717, 1.165) is 11.4 Å². The average Bonchev–Trinajstić information content (AvgIpc) is 2.88. The lowest BCUT2D eigenvalue weighted by Gasteiger charge is -2.36. The van der Waals surface area contributed by atoms with E-state index in [4.69, 9.17) is 9.47 Å². The second-order valence-corrected chi connectivity index (χ2v) is 11.1. The van der Waals surface area contributed by atoms with Crippen LogP contribution in [0.5, 0.6) is 5.75 Å². The van der Waals surface area contributed by atoms with E-state index in [2.05, 4.69) is 25.6 Å². The Kier molecular flexibility index (Phi) is 7.71. The van der Waals surface area contributed by atoms with Gasteiger partial charge >= 0.3 is 0 Å². The molecule has 1 saturated heterocycles. The summed E-state index contributed by atoms with van der Waals surface area (Å²) < 4.78 is 39.2. The van der Waals surface area contributed by atoms with Crippen molar-refractivity contribution in [1.29, 1.82) is 0 Å². The number of allylic oxidation sites excluding steroid dienone is 3. The summed E-state index contributed by atoms with van der Waals surface area (Å²) in [7, 11) is -0.712. The summed E-state index contributed by atoms with van der Waals surface area (Å²) in [6.45, 7) is 2.56. The van der Waals surface area contributed by atoms with E-state index in [9.17, 15) is 13.2 Å².